The fourth-order valence-corrected chi connectivity index (χ4v) is 1.24. The molecule has 1 rings (SSSR count). The predicted molar refractivity (Wildman–Crippen MR) is 47.3 cm³/mol. The van der Waals surface area contributed by atoms with E-state index in [-0.39, 0.29) is 5.56 Å². The monoisotopic (exact) mass is 236 g/mol. The number of halogens is 4. The molecule has 2 nitrogen and oxygen atoms in total. The van der Waals surface area contributed by atoms with E-state index in [1.165, 1.54) is 12.1 Å². The molecule has 0 radical (unpaired) electrons. The van der Waals surface area contributed by atoms with Crippen LogP contribution in [0, 0.1) is 11.7 Å². The van der Waals surface area contributed by atoms with Crippen molar-refractivity contribution < 1.29 is 27.5 Å². The Balaban J connectivity index is 2.89. The highest BCUT2D eigenvalue weighted by Crippen LogP contribution is 2.29. The van der Waals surface area contributed by atoms with Crippen LogP contribution in [0.3, 0.4) is 0 Å². The highest BCUT2D eigenvalue weighted by atomic mass is 19.4. The standard InChI is InChI=1S/C10H8F4O2/c11-7-3-1-2-6(4-7)5-8(9(15)16)10(12,13)14/h1-4,8H,5H2,(H,15,16). The van der Waals surface area contributed by atoms with Crippen LogP contribution in [0.2, 0.25) is 0 Å². The Hall–Kier alpha value is -1.59. The minimum Gasteiger partial charge on any atom is -0.481 e. The van der Waals surface area contributed by atoms with Crippen molar-refractivity contribution in [2.45, 2.75) is 12.6 Å². The van der Waals surface area contributed by atoms with Gasteiger partial charge in [0, 0.05) is 0 Å². The summed E-state index contributed by atoms with van der Waals surface area (Å²) >= 11 is 0. The summed E-state index contributed by atoms with van der Waals surface area (Å²) < 4.78 is 49.5. The summed E-state index contributed by atoms with van der Waals surface area (Å²) in [6.07, 6.45) is -5.60. The van der Waals surface area contributed by atoms with E-state index in [1.807, 2.05) is 0 Å². The quantitative estimate of drug-likeness (QED) is 0.819. The lowest BCUT2D eigenvalue weighted by atomic mass is 9.99. The molecular formula is C10H8F4O2. The molecule has 0 fully saturated rings. The van der Waals surface area contributed by atoms with Crippen LogP contribution in [0.4, 0.5) is 17.6 Å². The zero-order valence-corrected chi connectivity index (χ0v) is 7.96. The number of carbonyl (C=O) groups is 1. The number of carboxylic acid groups (broad SMARTS) is 1. The van der Waals surface area contributed by atoms with Gasteiger partial charge in [-0.15, -0.1) is 0 Å². The number of hydrogen-bond donors (Lipinski definition) is 1. The average Bonchev–Trinajstić information content (AvgIpc) is 2.12. The van der Waals surface area contributed by atoms with Crippen molar-refractivity contribution in [3.63, 3.8) is 0 Å². The summed E-state index contributed by atoms with van der Waals surface area (Å²) in [4.78, 5) is 10.4. The van der Waals surface area contributed by atoms with Crippen molar-refractivity contribution in [1.82, 2.24) is 0 Å². The number of rotatable bonds is 3. The molecular weight excluding hydrogens is 228 g/mol. The van der Waals surface area contributed by atoms with Crippen LogP contribution in [0.5, 0.6) is 0 Å². The summed E-state index contributed by atoms with van der Waals surface area (Å²) in [5, 5.41) is 8.43. The molecule has 1 aromatic rings. The Morgan fingerprint density at radius 2 is 2.00 bits per heavy atom. The third kappa shape index (κ3) is 3.22. The minimum atomic E-state index is -4.84. The molecule has 1 aromatic carbocycles. The molecule has 0 aliphatic carbocycles. The molecule has 0 aromatic heterocycles. The molecule has 1 atom stereocenters. The van der Waals surface area contributed by atoms with Crippen LogP contribution in [0.1, 0.15) is 5.56 Å². The zero-order valence-electron chi connectivity index (χ0n) is 7.96. The van der Waals surface area contributed by atoms with Crippen LogP contribution < -0.4 is 0 Å². The van der Waals surface area contributed by atoms with Gasteiger partial charge in [-0.25, -0.2) is 4.39 Å². The van der Waals surface area contributed by atoms with Gasteiger partial charge in [-0.05, 0) is 24.1 Å². The van der Waals surface area contributed by atoms with Gasteiger partial charge in [0.15, 0.2) is 5.92 Å². The lowest BCUT2D eigenvalue weighted by Crippen LogP contribution is -2.32. The first kappa shape index (κ1) is 12.5. The van der Waals surface area contributed by atoms with Crippen LogP contribution in [0.25, 0.3) is 0 Å². The van der Waals surface area contributed by atoms with E-state index in [0.717, 1.165) is 12.1 Å². The third-order valence-corrected chi connectivity index (χ3v) is 2.02. The fraction of sp³-hybridized carbons (Fsp3) is 0.300. The third-order valence-electron chi connectivity index (χ3n) is 2.02. The maximum atomic E-state index is 12.7. The second-order valence-corrected chi connectivity index (χ2v) is 3.27. The second kappa shape index (κ2) is 4.51. The van der Waals surface area contributed by atoms with E-state index < -0.39 is 30.3 Å². The van der Waals surface area contributed by atoms with E-state index in [4.69, 9.17) is 5.11 Å². The van der Waals surface area contributed by atoms with Crippen molar-refractivity contribution in [3.05, 3.63) is 35.6 Å². The molecule has 0 saturated carbocycles. The number of carboxylic acids is 1. The van der Waals surface area contributed by atoms with Gasteiger partial charge >= 0.3 is 12.1 Å². The largest absolute Gasteiger partial charge is 0.481 e. The number of alkyl halides is 3. The maximum absolute atomic E-state index is 12.7. The van der Waals surface area contributed by atoms with Gasteiger partial charge in [-0.3, -0.25) is 4.79 Å². The van der Waals surface area contributed by atoms with E-state index in [1.54, 1.807) is 0 Å². The van der Waals surface area contributed by atoms with E-state index in [0.29, 0.717) is 0 Å². The summed E-state index contributed by atoms with van der Waals surface area (Å²) in [6.45, 7) is 0. The molecule has 16 heavy (non-hydrogen) atoms. The van der Waals surface area contributed by atoms with E-state index in [2.05, 4.69) is 0 Å². The second-order valence-electron chi connectivity index (χ2n) is 3.27. The molecule has 0 aliphatic heterocycles. The summed E-state index contributed by atoms with van der Waals surface area (Å²) in [7, 11) is 0. The first-order chi connectivity index (χ1) is 7.30. The Morgan fingerprint density at radius 3 is 2.44 bits per heavy atom. The molecule has 0 heterocycles. The molecule has 1 unspecified atom stereocenters. The molecule has 0 aliphatic rings. The number of benzene rings is 1. The molecule has 1 N–H and O–H groups in total. The Bertz CT molecular complexity index is 387. The lowest BCUT2D eigenvalue weighted by Gasteiger charge is -2.15. The van der Waals surface area contributed by atoms with Gasteiger partial charge in [-0.1, -0.05) is 12.1 Å². The minimum absolute atomic E-state index is 0.00438. The topological polar surface area (TPSA) is 37.3 Å². The van der Waals surface area contributed by atoms with Crippen molar-refractivity contribution in [1.29, 1.82) is 0 Å². The summed E-state index contributed by atoms with van der Waals surface area (Å²) in [5.74, 6) is -5.16. The molecule has 6 heteroatoms. The van der Waals surface area contributed by atoms with E-state index >= 15 is 0 Å². The summed E-state index contributed by atoms with van der Waals surface area (Å²) in [5.41, 5.74) is 0.00438. The first-order valence-electron chi connectivity index (χ1n) is 4.34. The van der Waals surface area contributed by atoms with Crippen LogP contribution >= 0.6 is 0 Å². The number of aliphatic carboxylic acids is 1. The zero-order chi connectivity index (χ0) is 12.3. The molecule has 0 bridgehead atoms. The van der Waals surface area contributed by atoms with Gasteiger partial charge in [-0.2, -0.15) is 13.2 Å². The fourth-order valence-electron chi connectivity index (χ4n) is 1.24. The normalized spacial score (nSPS) is 13.5. The van der Waals surface area contributed by atoms with Crippen molar-refractivity contribution in [2.24, 2.45) is 5.92 Å². The van der Waals surface area contributed by atoms with Crippen LogP contribution in [0.15, 0.2) is 24.3 Å². The average molecular weight is 236 g/mol. The lowest BCUT2D eigenvalue weighted by molar-refractivity contribution is -0.193. The SMILES string of the molecule is O=C(O)C(Cc1cccc(F)c1)C(F)(F)F. The van der Waals surface area contributed by atoms with Gasteiger partial charge in [0.05, 0.1) is 0 Å². The molecule has 0 amide bonds. The highest BCUT2D eigenvalue weighted by Gasteiger charge is 2.44. The smallest absolute Gasteiger partial charge is 0.402 e. The maximum Gasteiger partial charge on any atom is 0.402 e. The Morgan fingerprint density at radius 1 is 1.38 bits per heavy atom. The van der Waals surface area contributed by atoms with Crippen LogP contribution in [-0.4, -0.2) is 17.3 Å². The Kier molecular flexibility index (Phi) is 3.51. The highest BCUT2D eigenvalue weighted by molar-refractivity contribution is 5.71. The van der Waals surface area contributed by atoms with Gasteiger partial charge in [0.1, 0.15) is 5.82 Å². The van der Waals surface area contributed by atoms with Crippen molar-refractivity contribution >= 4 is 5.97 Å². The van der Waals surface area contributed by atoms with Crippen molar-refractivity contribution in [3.8, 4) is 0 Å². The molecule has 0 saturated heterocycles. The number of hydrogen-bond acceptors (Lipinski definition) is 1. The van der Waals surface area contributed by atoms with E-state index in [9.17, 15) is 22.4 Å². The predicted octanol–water partition coefficient (Wildman–Crippen LogP) is 2.63. The molecule has 0 spiro atoms. The summed E-state index contributed by atoms with van der Waals surface area (Å²) in [6, 6.07) is 4.46. The van der Waals surface area contributed by atoms with Gasteiger partial charge < -0.3 is 5.11 Å². The van der Waals surface area contributed by atoms with Crippen LogP contribution in [-0.2, 0) is 11.2 Å². The van der Waals surface area contributed by atoms with Gasteiger partial charge in [0.2, 0.25) is 0 Å². The molecule has 88 valence electrons. The van der Waals surface area contributed by atoms with Crippen molar-refractivity contribution in [2.75, 3.05) is 0 Å². The van der Waals surface area contributed by atoms with Gasteiger partial charge in [0.25, 0.3) is 0 Å². The Labute approximate surface area is 88.5 Å². The first-order valence-corrected chi connectivity index (χ1v) is 4.34.